The average Bonchev–Trinajstić information content (AvgIpc) is 2.39. The van der Waals surface area contributed by atoms with Crippen LogP contribution in [0.15, 0.2) is 40.1 Å². The first-order valence-electron chi connectivity index (χ1n) is 6.20. The maximum atomic E-state index is 12.4. The van der Waals surface area contributed by atoms with Gasteiger partial charge < -0.3 is 5.11 Å². The molecule has 0 unspecified atom stereocenters. The van der Waals surface area contributed by atoms with Crippen molar-refractivity contribution in [3.63, 3.8) is 0 Å². The van der Waals surface area contributed by atoms with E-state index in [1.807, 2.05) is 6.92 Å². The van der Waals surface area contributed by atoms with Crippen molar-refractivity contribution in [3.05, 3.63) is 40.8 Å². The Bertz CT molecular complexity index is 518. The van der Waals surface area contributed by atoms with Crippen LogP contribution in [0.4, 0.5) is 0 Å². The van der Waals surface area contributed by atoms with Crippen molar-refractivity contribution in [2.24, 2.45) is 0 Å². The number of aryl methyl sites for hydroxylation is 1. The highest BCUT2D eigenvalue weighted by molar-refractivity contribution is 9.09. The van der Waals surface area contributed by atoms with Crippen LogP contribution in [-0.4, -0.2) is 25.5 Å². The van der Waals surface area contributed by atoms with E-state index in [2.05, 4.69) is 15.9 Å². The summed E-state index contributed by atoms with van der Waals surface area (Å²) in [6.45, 7) is 2.06. The van der Waals surface area contributed by atoms with Crippen molar-refractivity contribution in [2.75, 3.05) is 11.9 Å². The minimum absolute atomic E-state index is 0.141. The van der Waals surface area contributed by atoms with Crippen molar-refractivity contribution in [1.82, 2.24) is 0 Å². The molecule has 0 saturated carbocycles. The van der Waals surface area contributed by atoms with Crippen LogP contribution in [0.3, 0.4) is 0 Å². The Hall–Kier alpha value is -0.650. The molecular weight excluding hydrogens is 328 g/mol. The van der Waals surface area contributed by atoms with Crippen molar-refractivity contribution in [3.8, 4) is 0 Å². The van der Waals surface area contributed by atoms with Crippen LogP contribution in [0.1, 0.15) is 24.8 Å². The number of halogens is 1. The molecule has 3 nitrogen and oxygen atoms in total. The zero-order valence-corrected chi connectivity index (χ0v) is 13.4. The fourth-order valence-electron chi connectivity index (χ4n) is 1.62. The first-order chi connectivity index (χ1) is 9.02. The summed E-state index contributed by atoms with van der Waals surface area (Å²) in [4.78, 5) is 0.709. The van der Waals surface area contributed by atoms with Crippen LogP contribution in [0.2, 0.25) is 0 Å². The topological polar surface area (TPSA) is 54.4 Å². The standard InChI is InChI=1S/C14H19BrO3S/c1-12-6-8-13(9-7-12)19(17,18)14(11-15)5-3-2-4-10-16/h5-9,16H,2-4,10-11H2,1H3/b14-5+. The maximum absolute atomic E-state index is 12.4. The molecule has 0 aliphatic heterocycles. The average molecular weight is 347 g/mol. The molecule has 0 heterocycles. The van der Waals surface area contributed by atoms with Gasteiger partial charge in [0, 0.05) is 11.9 Å². The number of aliphatic hydroxyl groups is 1. The van der Waals surface area contributed by atoms with E-state index < -0.39 is 9.84 Å². The summed E-state index contributed by atoms with van der Waals surface area (Å²) in [6.07, 6.45) is 3.87. The number of hydrogen-bond donors (Lipinski definition) is 1. The molecule has 0 aliphatic rings. The van der Waals surface area contributed by atoms with Crippen LogP contribution in [0.5, 0.6) is 0 Å². The van der Waals surface area contributed by atoms with Gasteiger partial charge in [-0.3, -0.25) is 0 Å². The zero-order valence-electron chi connectivity index (χ0n) is 11.0. The fourth-order valence-corrected chi connectivity index (χ4v) is 4.04. The molecule has 1 aromatic rings. The third-order valence-corrected chi connectivity index (χ3v) is 5.66. The van der Waals surface area contributed by atoms with Crippen LogP contribution in [0, 0.1) is 6.92 Å². The van der Waals surface area contributed by atoms with Gasteiger partial charge in [0.25, 0.3) is 0 Å². The van der Waals surface area contributed by atoms with Crippen molar-refractivity contribution < 1.29 is 13.5 Å². The van der Waals surface area contributed by atoms with Gasteiger partial charge in [0.2, 0.25) is 9.84 Å². The third-order valence-electron chi connectivity index (χ3n) is 2.79. The summed E-state index contributed by atoms with van der Waals surface area (Å²) in [5.74, 6) is 0. The molecule has 0 fully saturated rings. The normalized spacial score (nSPS) is 12.7. The molecule has 0 aromatic heterocycles. The van der Waals surface area contributed by atoms with E-state index in [4.69, 9.17) is 5.11 Å². The Labute approximate surface area is 123 Å². The SMILES string of the molecule is Cc1ccc(S(=O)(=O)/C(=C/CCCCO)CBr)cc1. The van der Waals surface area contributed by atoms with Crippen molar-refractivity contribution in [1.29, 1.82) is 0 Å². The van der Waals surface area contributed by atoms with E-state index in [0.717, 1.165) is 12.0 Å². The lowest BCUT2D eigenvalue weighted by molar-refractivity contribution is 0.285. The minimum atomic E-state index is -3.40. The second-order valence-corrected chi connectivity index (χ2v) is 6.90. The van der Waals surface area contributed by atoms with E-state index in [0.29, 0.717) is 28.0 Å². The van der Waals surface area contributed by atoms with E-state index in [9.17, 15) is 8.42 Å². The summed E-state index contributed by atoms with van der Waals surface area (Å²) < 4.78 is 24.8. The highest BCUT2D eigenvalue weighted by Gasteiger charge is 2.19. The highest BCUT2D eigenvalue weighted by Crippen LogP contribution is 2.22. The molecular formula is C14H19BrO3S. The van der Waals surface area contributed by atoms with Gasteiger partial charge in [0.15, 0.2) is 0 Å². The molecule has 5 heteroatoms. The third kappa shape index (κ3) is 4.75. The van der Waals surface area contributed by atoms with E-state index in [-0.39, 0.29) is 6.61 Å². The molecule has 106 valence electrons. The number of alkyl halides is 1. The molecule has 1 N–H and O–H groups in total. The molecule has 1 rings (SSSR count). The monoisotopic (exact) mass is 346 g/mol. The Morgan fingerprint density at radius 3 is 2.42 bits per heavy atom. The molecule has 0 amide bonds. The quantitative estimate of drug-likeness (QED) is 0.609. The highest BCUT2D eigenvalue weighted by atomic mass is 79.9. The number of rotatable bonds is 7. The van der Waals surface area contributed by atoms with Gasteiger partial charge in [-0.1, -0.05) is 39.7 Å². The molecule has 0 atom stereocenters. The van der Waals surface area contributed by atoms with Gasteiger partial charge in [-0.25, -0.2) is 8.42 Å². The first-order valence-corrected chi connectivity index (χ1v) is 8.80. The molecule has 19 heavy (non-hydrogen) atoms. The van der Waals surface area contributed by atoms with Crippen molar-refractivity contribution >= 4 is 25.8 Å². The lowest BCUT2D eigenvalue weighted by Crippen LogP contribution is -2.06. The molecule has 0 saturated heterocycles. The number of allylic oxidation sites excluding steroid dienone is 2. The van der Waals surface area contributed by atoms with Gasteiger partial charge in [0.05, 0.1) is 9.80 Å². The minimum Gasteiger partial charge on any atom is -0.396 e. The Balaban J connectivity index is 2.92. The summed E-state index contributed by atoms with van der Waals surface area (Å²) in [6, 6.07) is 6.86. The summed E-state index contributed by atoms with van der Waals surface area (Å²) in [7, 11) is -3.40. The number of unbranched alkanes of at least 4 members (excludes halogenated alkanes) is 2. The lowest BCUT2D eigenvalue weighted by atomic mass is 10.2. The van der Waals surface area contributed by atoms with Gasteiger partial charge in [-0.05, 0) is 38.3 Å². The lowest BCUT2D eigenvalue weighted by Gasteiger charge is -2.07. The predicted octanol–water partition coefficient (Wildman–Crippen LogP) is 3.21. The van der Waals surface area contributed by atoms with E-state index in [1.165, 1.54) is 0 Å². The van der Waals surface area contributed by atoms with Gasteiger partial charge >= 0.3 is 0 Å². The van der Waals surface area contributed by atoms with Gasteiger partial charge in [-0.2, -0.15) is 0 Å². The number of benzene rings is 1. The Kier molecular flexibility index (Phi) is 6.75. The molecule has 0 aliphatic carbocycles. The van der Waals surface area contributed by atoms with Gasteiger partial charge in [-0.15, -0.1) is 0 Å². The predicted molar refractivity (Wildman–Crippen MR) is 81.2 cm³/mol. The van der Waals surface area contributed by atoms with Gasteiger partial charge in [0.1, 0.15) is 0 Å². The zero-order chi connectivity index (χ0) is 14.3. The molecule has 0 spiro atoms. The summed E-state index contributed by atoms with van der Waals surface area (Å²) in [5, 5.41) is 9.01. The molecule has 1 aromatic carbocycles. The van der Waals surface area contributed by atoms with E-state index >= 15 is 0 Å². The van der Waals surface area contributed by atoms with Crippen LogP contribution >= 0.6 is 15.9 Å². The number of sulfone groups is 1. The Morgan fingerprint density at radius 2 is 1.89 bits per heavy atom. The fraction of sp³-hybridized carbons (Fsp3) is 0.429. The maximum Gasteiger partial charge on any atom is 0.203 e. The Morgan fingerprint density at radius 1 is 1.26 bits per heavy atom. The number of aliphatic hydroxyl groups excluding tert-OH is 1. The van der Waals surface area contributed by atoms with Crippen LogP contribution in [-0.2, 0) is 9.84 Å². The number of hydrogen-bond acceptors (Lipinski definition) is 3. The summed E-state index contributed by atoms with van der Waals surface area (Å²) >= 11 is 3.24. The molecule has 0 radical (unpaired) electrons. The summed E-state index contributed by atoms with van der Waals surface area (Å²) in [5.41, 5.74) is 1.03. The first kappa shape index (κ1) is 16.4. The molecule has 0 bridgehead atoms. The smallest absolute Gasteiger partial charge is 0.203 e. The van der Waals surface area contributed by atoms with Crippen molar-refractivity contribution in [2.45, 2.75) is 31.1 Å². The second-order valence-electron chi connectivity index (χ2n) is 4.34. The largest absolute Gasteiger partial charge is 0.396 e. The van der Waals surface area contributed by atoms with E-state index in [1.54, 1.807) is 30.3 Å². The van der Waals surface area contributed by atoms with Crippen LogP contribution < -0.4 is 0 Å². The van der Waals surface area contributed by atoms with Crippen LogP contribution in [0.25, 0.3) is 0 Å². The second kappa shape index (κ2) is 7.82.